The number of anilines is 1. The minimum absolute atomic E-state index is 0.189. The van der Waals surface area contributed by atoms with Crippen LogP contribution in [0.4, 0.5) is 10.1 Å². The van der Waals surface area contributed by atoms with Crippen molar-refractivity contribution in [3.63, 3.8) is 0 Å². The first kappa shape index (κ1) is 19.7. The number of aliphatic imine (C=N–C) groups is 1. The van der Waals surface area contributed by atoms with Gasteiger partial charge in [-0.25, -0.2) is 4.39 Å². The molecule has 0 bridgehead atoms. The lowest BCUT2D eigenvalue weighted by Crippen LogP contribution is -2.53. The molecule has 1 saturated heterocycles. The summed E-state index contributed by atoms with van der Waals surface area (Å²) in [6.07, 6.45) is 0. The number of hydrogen-bond acceptors (Lipinski definition) is 3. The average molecular weight is 369 g/mol. The van der Waals surface area contributed by atoms with Crippen molar-refractivity contribution in [3.8, 4) is 0 Å². The van der Waals surface area contributed by atoms with Crippen LogP contribution in [0, 0.1) is 5.82 Å². The minimum atomic E-state index is -0.868. The van der Waals surface area contributed by atoms with E-state index in [4.69, 9.17) is 0 Å². The van der Waals surface area contributed by atoms with Crippen LogP contribution < -0.4 is 10.2 Å². The van der Waals surface area contributed by atoms with Crippen LogP contribution in [0.1, 0.15) is 20.8 Å². The van der Waals surface area contributed by atoms with Crippen molar-refractivity contribution in [2.24, 2.45) is 4.99 Å². The fourth-order valence-corrected chi connectivity index (χ4v) is 3.62. The molecule has 1 aliphatic rings. The van der Waals surface area contributed by atoms with Gasteiger partial charge in [-0.15, -0.1) is 0 Å². The van der Waals surface area contributed by atoms with Crippen molar-refractivity contribution in [1.82, 2.24) is 10.2 Å². The lowest BCUT2D eigenvalue weighted by Gasteiger charge is -2.37. The quantitative estimate of drug-likeness (QED) is 0.653. The van der Waals surface area contributed by atoms with Crippen LogP contribution in [-0.4, -0.2) is 65.3 Å². The molecule has 2 rings (SSSR count). The number of halogens is 1. The Morgan fingerprint density at radius 1 is 1.20 bits per heavy atom. The Labute approximate surface area is 152 Å². The van der Waals surface area contributed by atoms with Crippen molar-refractivity contribution >= 4 is 22.4 Å². The van der Waals surface area contributed by atoms with Crippen LogP contribution in [0.3, 0.4) is 0 Å². The highest BCUT2D eigenvalue weighted by Crippen LogP contribution is 2.17. The van der Waals surface area contributed by atoms with Crippen LogP contribution in [0.25, 0.3) is 0 Å². The third-order valence-electron chi connectivity index (χ3n) is 4.24. The zero-order valence-electron chi connectivity index (χ0n) is 15.6. The Hall–Kier alpha value is -1.63. The number of rotatable bonds is 4. The van der Waals surface area contributed by atoms with Gasteiger partial charge in [-0.2, -0.15) is 0 Å². The van der Waals surface area contributed by atoms with E-state index >= 15 is 0 Å². The zero-order valence-corrected chi connectivity index (χ0v) is 16.4. The molecule has 140 valence electrons. The van der Waals surface area contributed by atoms with E-state index in [1.54, 1.807) is 7.05 Å². The predicted octanol–water partition coefficient (Wildman–Crippen LogP) is 2.07. The normalized spacial score (nSPS) is 17.6. The SMILES string of the molecule is CN=C(NCCS(=O)C(C)(C)C)N1CCN(c2ccc(F)cc2)CC1. The van der Waals surface area contributed by atoms with Gasteiger partial charge in [-0.1, -0.05) is 0 Å². The summed E-state index contributed by atoms with van der Waals surface area (Å²) in [4.78, 5) is 8.80. The van der Waals surface area contributed by atoms with Gasteiger partial charge >= 0.3 is 0 Å². The third-order valence-corrected chi connectivity index (χ3v) is 6.18. The third kappa shape index (κ3) is 5.70. The molecule has 1 fully saturated rings. The molecule has 0 aromatic heterocycles. The Balaban J connectivity index is 1.81. The van der Waals surface area contributed by atoms with E-state index in [0.717, 1.165) is 37.8 Å². The topological polar surface area (TPSA) is 47.9 Å². The lowest BCUT2D eigenvalue weighted by molar-refractivity contribution is 0.373. The molecule has 1 N–H and O–H groups in total. The van der Waals surface area contributed by atoms with Gasteiger partial charge in [-0.05, 0) is 45.0 Å². The van der Waals surface area contributed by atoms with Crippen LogP contribution in [0.15, 0.2) is 29.3 Å². The fourth-order valence-electron chi connectivity index (χ4n) is 2.72. The Kier molecular flexibility index (Phi) is 6.81. The second-order valence-electron chi connectivity index (χ2n) is 7.09. The molecule has 0 radical (unpaired) electrons. The summed E-state index contributed by atoms with van der Waals surface area (Å²) in [5, 5.41) is 3.32. The van der Waals surface area contributed by atoms with E-state index in [1.807, 2.05) is 32.9 Å². The lowest BCUT2D eigenvalue weighted by atomic mass is 10.2. The standard InChI is InChI=1S/C18H29FN4OS/c1-18(2,3)25(24)14-9-21-17(20-4)23-12-10-22(11-13-23)16-7-5-15(19)6-8-16/h5-8H,9-14H2,1-4H3,(H,20,21). The van der Waals surface area contributed by atoms with Gasteiger partial charge < -0.3 is 15.1 Å². The van der Waals surface area contributed by atoms with E-state index < -0.39 is 10.8 Å². The molecular formula is C18H29FN4OS. The van der Waals surface area contributed by atoms with E-state index in [2.05, 4.69) is 20.1 Å². The maximum absolute atomic E-state index is 13.0. The number of benzene rings is 1. The first-order valence-corrected chi connectivity index (χ1v) is 9.98. The van der Waals surface area contributed by atoms with Gasteiger partial charge in [0.2, 0.25) is 0 Å². The van der Waals surface area contributed by atoms with Crippen molar-refractivity contribution in [2.45, 2.75) is 25.5 Å². The highest BCUT2D eigenvalue weighted by Gasteiger charge is 2.21. The van der Waals surface area contributed by atoms with Crippen molar-refractivity contribution < 1.29 is 8.60 Å². The summed E-state index contributed by atoms with van der Waals surface area (Å²) < 4.78 is 25.0. The van der Waals surface area contributed by atoms with Crippen molar-refractivity contribution in [1.29, 1.82) is 0 Å². The molecule has 1 atom stereocenters. The molecule has 0 aliphatic carbocycles. The van der Waals surface area contributed by atoms with E-state index in [9.17, 15) is 8.60 Å². The van der Waals surface area contributed by atoms with Gasteiger partial charge in [0.05, 0.1) is 0 Å². The van der Waals surface area contributed by atoms with E-state index in [-0.39, 0.29) is 10.6 Å². The monoisotopic (exact) mass is 368 g/mol. The molecule has 1 aromatic rings. The second kappa shape index (κ2) is 8.65. The Bertz CT molecular complexity index is 604. The van der Waals surface area contributed by atoms with Gasteiger partial charge in [-0.3, -0.25) is 9.20 Å². The highest BCUT2D eigenvalue weighted by atomic mass is 32.2. The van der Waals surface area contributed by atoms with Gasteiger partial charge in [0.1, 0.15) is 5.82 Å². The number of piperazine rings is 1. The van der Waals surface area contributed by atoms with Crippen LogP contribution >= 0.6 is 0 Å². The molecule has 1 aliphatic heterocycles. The molecule has 7 heteroatoms. The molecule has 25 heavy (non-hydrogen) atoms. The van der Waals surface area contributed by atoms with Gasteiger partial charge in [0, 0.05) is 66.8 Å². The molecular weight excluding hydrogens is 339 g/mol. The Morgan fingerprint density at radius 2 is 1.80 bits per heavy atom. The van der Waals surface area contributed by atoms with E-state index in [1.165, 1.54) is 12.1 Å². The smallest absolute Gasteiger partial charge is 0.193 e. The van der Waals surface area contributed by atoms with Crippen LogP contribution in [-0.2, 0) is 10.8 Å². The van der Waals surface area contributed by atoms with Crippen molar-refractivity contribution in [3.05, 3.63) is 30.1 Å². The van der Waals surface area contributed by atoms with Gasteiger partial charge in [0.25, 0.3) is 0 Å². The van der Waals surface area contributed by atoms with Crippen LogP contribution in [0.5, 0.6) is 0 Å². The second-order valence-corrected chi connectivity index (χ2v) is 9.41. The molecule has 0 spiro atoms. The van der Waals surface area contributed by atoms with Crippen LogP contribution in [0.2, 0.25) is 0 Å². The summed E-state index contributed by atoms with van der Waals surface area (Å²) >= 11 is 0. The van der Waals surface area contributed by atoms with Crippen molar-refractivity contribution in [2.75, 3.05) is 50.4 Å². The predicted molar refractivity (Wildman–Crippen MR) is 104 cm³/mol. The number of nitrogens with one attached hydrogen (secondary N) is 1. The average Bonchev–Trinajstić information content (AvgIpc) is 2.59. The number of guanidine groups is 1. The molecule has 0 saturated carbocycles. The largest absolute Gasteiger partial charge is 0.368 e. The molecule has 5 nitrogen and oxygen atoms in total. The summed E-state index contributed by atoms with van der Waals surface area (Å²) in [6, 6.07) is 6.63. The summed E-state index contributed by atoms with van der Waals surface area (Å²) in [5.74, 6) is 1.25. The fraction of sp³-hybridized carbons (Fsp3) is 0.611. The summed E-state index contributed by atoms with van der Waals surface area (Å²) in [6.45, 7) is 10.0. The Morgan fingerprint density at radius 3 is 2.32 bits per heavy atom. The molecule has 1 unspecified atom stereocenters. The molecule has 0 amide bonds. The maximum Gasteiger partial charge on any atom is 0.193 e. The van der Waals surface area contributed by atoms with E-state index in [0.29, 0.717) is 12.3 Å². The maximum atomic E-state index is 13.0. The number of nitrogens with zero attached hydrogens (tertiary/aromatic N) is 3. The highest BCUT2D eigenvalue weighted by molar-refractivity contribution is 7.86. The number of hydrogen-bond donors (Lipinski definition) is 1. The van der Waals surface area contributed by atoms with Gasteiger partial charge in [0.15, 0.2) is 5.96 Å². The molecule has 1 aromatic carbocycles. The summed E-state index contributed by atoms with van der Waals surface area (Å²) in [7, 11) is 0.905. The minimum Gasteiger partial charge on any atom is -0.368 e. The zero-order chi connectivity index (χ0) is 18.4. The first-order valence-electron chi connectivity index (χ1n) is 8.66. The molecule has 1 heterocycles. The first-order chi connectivity index (χ1) is 11.8. The summed E-state index contributed by atoms with van der Waals surface area (Å²) in [5.41, 5.74) is 1.05.